The van der Waals surface area contributed by atoms with Crippen molar-refractivity contribution in [2.24, 2.45) is 0 Å². The number of piperidine rings is 1. The zero-order valence-electron chi connectivity index (χ0n) is 16.0. The van der Waals surface area contributed by atoms with Crippen LogP contribution in [0, 0.1) is 0 Å². The molecule has 0 bridgehead atoms. The maximum Gasteiger partial charge on any atom is 0.251 e. The monoisotopic (exact) mass is 402 g/mol. The second kappa shape index (κ2) is 8.86. The fraction of sp³-hybridized carbons (Fsp3) is 0.381. The maximum absolute atomic E-state index is 12.9. The first kappa shape index (κ1) is 20.5. The van der Waals surface area contributed by atoms with E-state index in [0.717, 1.165) is 0 Å². The molecule has 0 radical (unpaired) electrons. The van der Waals surface area contributed by atoms with Gasteiger partial charge in [-0.05, 0) is 43.5 Å². The van der Waals surface area contributed by atoms with E-state index in [1.807, 2.05) is 18.2 Å². The van der Waals surface area contributed by atoms with Crippen LogP contribution in [0.5, 0.6) is 0 Å². The van der Waals surface area contributed by atoms with Crippen LogP contribution in [0.4, 0.5) is 0 Å². The summed E-state index contributed by atoms with van der Waals surface area (Å²) in [6.07, 6.45) is 1.73. The largest absolute Gasteiger partial charge is 0.385 e. The van der Waals surface area contributed by atoms with Crippen LogP contribution in [0.3, 0.4) is 0 Å². The van der Waals surface area contributed by atoms with Crippen LogP contribution in [0.1, 0.15) is 29.6 Å². The van der Waals surface area contributed by atoms with Gasteiger partial charge >= 0.3 is 0 Å². The van der Waals surface area contributed by atoms with E-state index in [1.54, 1.807) is 49.6 Å². The highest BCUT2D eigenvalue weighted by molar-refractivity contribution is 7.89. The average Bonchev–Trinajstić information content (AvgIpc) is 2.74. The van der Waals surface area contributed by atoms with Crippen LogP contribution in [-0.2, 0) is 14.8 Å². The summed E-state index contributed by atoms with van der Waals surface area (Å²) < 4.78 is 32.5. The van der Waals surface area contributed by atoms with E-state index in [2.05, 4.69) is 5.32 Å². The minimum absolute atomic E-state index is 0.143. The van der Waals surface area contributed by atoms with Gasteiger partial charge in [0.25, 0.3) is 5.91 Å². The number of hydrogen-bond acceptors (Lipinski definition) is 4. The lowest BCUT2D eigenvalue weighted by atomic mass is 9.85. The number of nitrogens with one attached hydrogen (secondary N) is 1. The topological polar surface area (TPSA) is 75.7 Å². The smallest absolute Gasteiger partial charge is 0.251 e. The van der Waals surface area contributed by atoms with Crippen molar-refractivity contribution in [1.82, 2.24) is 9.62 Å². The number of ether oxygens (including phenoxy) is 1. The van der Waals surface area contributed by atoms with Crippen molar-refractivity contribution >= 4 is 15.9 Å². The quantitative estimate of drug-likeness (QED) is 0.773. The van der Waals surface area contributed by atoms with Gasteiger partial charge in [-0.25, -0.2) is 8.42 Å². The Morgan fingerprint density at radius 2 is 1.61 bits per heavy atom. The third-order valence-corrected chi connectivity index (χ3v) is 7.17. The molecule has 0 saturated carbocycles. The molecule has 0 unspecified atom stereocenters. The van der Waals surface area contributed by atoms with Crippen molar-refractivity contribution in [2.75, 3.05) is 26.8 Å². The lowest BCUT2D eigenvalue weighted by molar-refractivity contribution is 0.0783. The molecule has 0 aliphatic carbocycles. The van der Waals surface area contributed by atoms with E-state index >= 15 is 0 Å². The van der Waals surface area contributed by atoms with Gasteiger partial charge in [-0.2, -0.15) is 4.31 Å². The Kier molecular flexibility index (Phi) is 6.49. The summed E-state index contributed by atoms with van der Waals surface area (Å²) >= 11 is 0. The molecule has 1 aliphatic rings. The van der Waals surface area contributed by atoms with Gasteiger partial charge in [0.2, 0.25) is 10.0 Å². The van der Waals surface area contributed by atoms with Crippen molar-refractivity contribution < 1.29 is 17.9 Å². The summed E-state index contributed by atoms with van der Waals surface area (Å²) in [5, 5.41) is 3.15. The first-order valence-corrected chi connectivity index (χ1v) is 10.8. The number of rotatable bonds is 7. The highest BCUT2D eigenvalue weighted by Crippen LogP contribution is 2.30. The molecule has 0 spiro atoms. The summed E-state index contributed by atoms with van der Waals surface area (Å²) in [4.78, 5) is 13.0. The summed E-state index contributed by atoms with van der Waals surface area (Å²) in [6, 6.07) is 17.5. The van der Waals surface area contributed by atoms with Crippen molar-refractivity contribution in [1.29, 1.82) is 0 Å². The van der Waals surface area contributed by atoms with Gasteiger partial charge in [0, 0.05) is 37.9 Å². The summed E-state index contributed by atoms with van der Waals surface area (Å²) in [5.41, 5.74) is 0.115. The van der Waals surface area contributed by atoms with Crippen molar-refractivity contribution in [3.8, 4) is 0 Å². The van der Waals surface area contributed by atoms with E-state index in [-0.39, 0.29) is 5.91 Å². The molecule has 3 rings (SSSR count). The normalized spacial score (nSPS) is 17.2. The standard InChI is InChI=1S/C21H26N2O4S/c1-27-17-14-21(22-20(24)18-8-4-2-5-9-18)12-15-23(16-13-21)28(25,26)19-10-6-3-7-11-19/h2-11H,12-17H2,1H3,(H,22,24). The lowest BCUT2D eigenvalue weighted by Crippen LogP contribution is -2.56. The molecule has 2 aromatic rings. The summed E-state index contributed by atoms with van der Waals surface area (Å²) in [5.74, 6) is -0.143. The molecule has 1 amide bonds. The summed E-state index contributed by atoms with van der Waals surface area (Å²) in [7, 11) is -1.90. The zero-order chi connectivity index (χ0) is 20.0. The molecule has 28 heavy (non-hydrogen) atoms. The van der Waals surface area contributed by atoms with Gasteiger partial charge < -0.3 is 10.1 Å². The van der Waals surface area contributed by atoms with Crippen LogP contribution >= 0.6 is 0 Å². The first-order chi connectivity index (χ1) is 13.5. The van der Waals surface area contributed by atoms with Gasteiger partial charge in [0.15, 0.2) is 0 Å². The second-order valence-electron chi connectivity index (χ2n) is 7.06. The Morgan fingerprint density at radius 1 is 1.04 bits per heavy atom. The van der Waals surface area contributed by atoms with E-state index in [1.165, 1.54) is 4.31 Å². The van der Waals surface area contributed by atoms with E-state index in [0.29, 0.717) is 49.4 Å². The minimum atomic E-state index is -3.52. The predicted molar refractivity (Wildman–Crippen MR) is 108 cm³/mol. The number of amides is 1. The van der Waals surface area contributed by atoms with E-state index < -0.39 is 15.6 Å². The molecule has 1 fully saturated rings. The van der Waals surface area contributed by atoms with Crippen LogP contribution in [0.15, 0.2) is 65.6 Å². The Hall–Kier alpha value is -2.22. The van der Waals surface area contributed by atoms with Gasteiger partial charge in [-0.3, -0.25) is 4.79 Å². The number of hydrogen-bond donors (Lipinski definition) is 1. The number of sulfonamides is 1. The van der Waals surface area contributed by atoms with Gasteiger partial charge in [0.1, 0.15) is 0 Å². The Labute approximate surface area is 166 Å². The molecule has 1 N–H and O–H groups in total. The number of nitrogens with zero attached hydrogens (tertiary/aromatic N) is 1. The van der Waals surface area contributed by atoms with Crippen LogP contribution < -0.4 is 5.32 Å². The summed E-state index contributed by atoms with van der Waals surface area (Å²) in [6.45, 7) is 1.21. The molecular formula is C21H26N2O4S. The number of carbonyl (C=O) groups is 1. The molecule has 150 valence electrons. The Morgan fingerprint density at radius 3 is 2.18 bits per heavy atom. The third-order valence-electron chi connectivity index (χ3n) is 5.26. The molecular weight excluding hydrogens is 376 g/mol. The average molecular weight is 403 g/mol. The highest BCUT2D eigenvalue weighted by atomic mass is 32.2. The number of carbonyl (C=O) groups excluding carboxylic acids is 1. The molecule has 6 nitrogen and oxygen atoms in total. The fourth-order valence-electron chi connectivity index (χ4n) is 3.53. The molecule has 1 saturated heterocycles. The zero-order valence-corrected chi connectivity index (χ0v) is 16.8. The fourth-order valence-corrected chi connectivity index (χ4v) is 5.00. The van der Waals surface area contributed by atoms with Crippen LogP contribution in [0.2, 0.25) is 0 Å². The van der Waals surface area contributed by atoms with Crippen molar-refractivity contribution in [3.63, 3.8) is 0 Å². The molecule has 2 aromatic carbocycles. The van der Waals surface area contributed by atoms with E-state index in [9.17, 15) is 13.2 Å². The van der Waals surface area contributed by atoms with Crippen LogP contribution in [-0.4, -0.2) is 51.0 Å². The lowest BCUT2D eigenvalue weighted by Gasteiger charge is -2.42. The maximum atomic E-state index is 12.9. The van der Waals surface area contributed by atoms with Crippen LogP contribution in [0.25, 0.3) is 0 Å². The van der Waals surface area contributed by atoms with Crippen molar-refractivity contribution in [2.45, 2.75) is 29.7 Å². The molecule has 1 aliphatic heterocycles. The Bertz CT molecular complexity index is 877. The highest BCUT2D eigenvalue weighted by Gasteiger charge is 2.39. The third kappa shape index (κ3) is 4.60. The van der Waals surface area contributed by atoms with Gasteiger partial charge in [-0.15, -0.1) is 0 Å². The van der Waals surface area contributed by atoms with Crippen molar-refractivity contribution in [3.05, 3.63) is 66.2 Å². The van der Waals surface area contributed by atoms with E-state index in [4.69, 9.17) is 4.74 Å². The van der Waals surface area contributed by atoms with Gasteiger partial charge in [0.05, 0.1) is 4.90 Å². The SMILES string of the molecule is COCCC1(NC(=O)c2ccccc2)CCN(S(=O)(=O)c2ccccc2)CC1. The number of benzene rings is 2. The second-order valence-corrected chi connectivity index (χ2v) is 9.00. The molecule has 0 atom stereocenters. The molecule has 0 aromatic heterocycles. The molecule has 7 heteroatoms. The first-order valence-electron chi connectivity index (χ1n) is 9.39. The molecule has 1 heterocycles. The van der Waals surface area contributed by atoms with Gasteiger partial charge in [-0.1, -0.05) is 36.4 Å². The predicted octanol–water partition coefficient (Wildman–Crippen LogP) is 2.68. The Balaban J connectivity index is 1.73. The number of methoxy groups -OCH3 is 1. The minimum Gasteiger partial charge on any atom is -0.385 e.